The molecule has 1 aliphatic heterocycles. The van der Waals surface area contributed by atoms with Gasteiger partial charge in [0.05, 0.1) is 14.2 Å². The molecule has 0 amide bonds. The molecule has 1 atom stereocenters. The minimum absolute atomic E-state index is 0.170. The summed E-state index contributed by atoms with van der Waals surface area (Å²) in [5, 5.41) is 0. The molecule has 0 spiro atoms. The zero-order chi connectivity index (χ0) is 16.5. The van der Waals surface area contributed by atoms with Gasteiger partial charge < -0.3 is 14.2 Å². The first-order chi connectivity index (χ1) is 11.8. The van der Waals surface area contributed by atoms with Crippen molar-refractivity contribution in [1.82, 2.24) is 0 Å². The van der Waals surface area contributed by atoms with Crippen molar-refractivity contribution in [3.05, 3.63) is 77.9 Å². The molecule has 0 unspecified atom stereocenters. The van der Waals surface area contributed by atoms with Crippen LogP contribution in [0.15, 0.2) is 66.7 Å². The minimum atomic E-state index is -0.170. The highest BCUT2D eigenvalue weighted by molar-refractivity contribution is 5.77. The molecule has 0 bridgehead atoms. The van der Waals surface area contributed by atoms with Crippen molar-refractivity contribution in [2.75, 3.05) is 14.2 Å². The van der Waals surface area contributed by atoms with Gasteiger partial charge in [0.1, 0.15) is 23.4 Å². The third kappa shape index (κ3) is 2.38. The van der Waals surface area contributed by atoms with Crippen molar-refractivity contribution in [3.8, 4) is 28.4 Å². The van der Waals surface area contributed by atoms with E-state index in [1.807, 2.05) is 48.5 Å². The lowest BCUT2D eigenvalue weighted by atomic mass is 9.89. The maximum Gasteiger partial charge on any atom is 0.150 e. The lowest BCUT2D eigenvalue weighted by Gasteiger charge is -2.29. The Kier molecular flexibility index (Phi) is 3.62. The molecule has 24 heavy (non-hydrogen) atoms. The molecule has 1 heterocycles. The molecule has 120 valence electrons. The van der Waals surface area contributed by atoms with Crippen LogP contribution in [0.4, 0.5) is 0 Å². The fraction of sp³-hybridized carbons (Fsp3) is 0.143. The van der Waals surface area contributed by atoms with Crippen LogP contribution in [0.25, 0.3) is 11.1 Å². The van der Waals surface area contributed by atoms with Crippen LogP contribution in [0.5, 0.6) is 17.2 Å². The summed E-state index contributed by atoms with van der Waals surface area (Å²) in [6.07, 6.45) is -0.170. The number of para-hydroxylation sites is 1. The van der Waals surface area contributed by atoms with E-state index in [4.69, 9.17) is 14.2 Å². The van der Waals surface area contributed by atoms with Crippen molar-refractivity contribution in [3.63, 3.8) is 0 Å². The van der Waals surface area contributed by atoms with Crippen molar-refractivity contribution in [2.24, 2.45) is 0 Å². The molecule has 0 radical (unpaired) electrons. The first-order valence-electron chi connectivity index (χ1n) is 7.88. The third-order valence-electron chi connectivity index (χ3n) is 4.38. The molecule has 3 aromatic carbocycles. The zero-order valence-electron chi connectivity index (χ0n) is 13.7. The fourth-order valence-electron chi connectivity index (χ4n) is 3.14. The largest absolute Gasteiger partial charge is 0.497 e. The Bertz CT molecular complexity index is 869. The SMILES string of the molecule is COc1ccc([C@H]2Oc3ccccc3-c3ccc(OC)cc32)cc1. The standard InChI is InChI=1S/C21H18O3/c1-22-15-9-7-14(8-10-15)21-19-13-16(23-2)11-12-17(19)18-5-3-4-6-20(18)24-21/h3-13,21H,1-2H3/t21-/m1/s1. The second kappa shape index (κ2) is 5.93. The van der Waals surface area contributed by atoms with Gasteiger partial charge >= 0.3 is 0 Å². The predicted molar refractivity (Wildman–Crippen MR) is 93.9 cm³/mol. The number of hydrogen-bond donors (Lipinski definition) is 0. The van der Waals surface area contributed by atoms with Crippen LogP contribution >= 0.6 is 0 Å². The van der Waals surface area contributed by atoms with E-state index >= 15 is 0 Å². The Morgan fingerprint density at radius 3 is 2.21 bits per heavy atom. The molecule has 0 aliphatic carbocycles. The third-order valence-corrected chi connectivity index (χ3v) is 4.38. The molecule has 3 aromatic rings. The van der Waals surface area contributed by atoms with E-state index in [2.05, 4.69) is 18.2 Å². The topological polar surface area (TPSA) is 27.7 Å². The van der Waals surface area contributed by atoms with Crippen LogP contribution in [-0.4, -0.2) is 14.2 Å². The van der Waals surface area contributed by atoms with Gasteiger partial charge in [-0.1, -0.05) is 36.4 Å². The van der Waals surface area contributed by atoms with E-state index < -0.39 is 0 Å². The summed E-state index contributed by atoms with van der Waals surface area (Å²) in [5.41, 5.74) is 4.48. The quantitative estimate of drug-likeness (QED) is 0.691. The van der Waals surface area contributed by atoms with Gasteiger partial charge in [0, 0.05) is 11.1 Å². The Labute approximate surface area is 141 Å². The molecule has 0 saturated heterocycles. The van der Waals surface area contributed by atoms with Crippen molar-refractivity contribution < 1.29 is 14.2 Å². The maximum atomic E-state index is 6.32. The summed E-state index contributed by atoms with van der Waals surface area (Å²) < 4.78 is 17.0. The molecule has 3 heteroatoms. The molecule has 1 aliphatic rings. The summed E-state index contributed by atoms with van der Waals surface area (Å²) in [5.74, 6) is 2.56. The van der Waals surface area contributed by atoms with Gasteiger partial charge in [-0.2, -0.15) is 0 Å². The smallest absolute Gasteiger partial charge is 0.150 e. The normalized spacial score (nSPS) is 15.0. The van der Waals surface area contributed by atoms with Crippen molar-refractivity contribution >= 4 is 0 Å². The molecule has 0 aromatic heterocycles. The Morgan fingerprint density at radius 2 is 1.46 bits per heavy atom. The van der Waals surface area contributed by atoms with Crippen LogP contribution in [0.1, 0.15) is 17.2 Å². The van der Waals surface area contributed by atoms with E-state index in [1.54, 1.807) is 14.2 Å². The lowest BCUT2D eigenvalue weighted by molar-refractivity contribution is 0.243. The maximum absolute atomic E-state index is 6.32. The zero-order valence-corrected chi connectivity index (χ0v) is 13.7. The van der Waals surface area contributed by atoms with Crippen LogP contribution in [-0.2, 0) is 0 Å². The molecule has 0 saturated carbocycles. The second-order valence-corrected chi connectivity index (χ2v) is 5.72. The van der Waals surface area contributed by atoms with Gasteiger partial charge in [0.25, 0.3) is 0 Å². The average molecular weight is 318 g/mol. The van der Waals surface area contributed by atoms with Crippen LogP contribution < -0.4 is 14.2 Å². The van der Waals surface area contributed by atoms with Gasteiger partial charge in [-0.25, -0.2) is 0 Å². The van der Waals surface area contributed by atoms with Crippen LogP contribution in [0, 0.1) is 0 Å². The number of hydrogen-bond acceptors (Lipinski definition) is 3. The molecule has 0 N–H and O–H groups in total. The van der Waals surface area contributed by atoms with Crippen molar-refractivity contribution in [2.45, 2.75) is 6.10 Å². The molecule has 3 nitrogen and oxygen atoms in total. The highest BCUT2D eigenvalue weighted by atomic mass is 16.5. The van der Waals surface area contributed by atoms with Gasteiger partial charge in [0.2, 0.25) is 0 Å². The van der Waals surface area contributed by atoms with E-state index in [9.17, 15) is 0 Å². The summed E-state index contributed by atoms with van der Waals surface area (Å²) in [4.78, 5) is 0. The summed E-state index contributed by atoms with van der Waals surface area (Å²) in [6.45, 7) is 0. The Hall–Kier alpha value is -2.94. The summed E-state index contributed by atoms with van der Waals surface area (Å²) in [6, 6.07) is 22.3. The molecule has 0 fully saturated rings. The molecular weight excluding hydrogens is 300 g/mol. The average Bonchev–Trinajstić information content (AvgIpc) is 2.67. The first kappa shape index (κ1) is 14.6. The number of methoxy groups -OCH3 is 2. The lowest BCUT2D eigenvalue weighted by Crippen LogP contribution is -2.15. The van der Waals surface area contributed by atoms with Gasteiger partial charge in [-0.05, 0) is 41.5 Å². The summed E-state index contributed by atoms with van der Waals surface area (Å²) >= 11 is 0. The monoisotopic (exact) mass is 318 g/mol. The Balaban J connectivity index is 1.87. The molecule has 4 rings (SSSR count). The summed E-state index contributed by atoms with van der Waals surface area (Å²) in [7, 11) is 3.35. The molecular formula is C21H18O3. The van der Waals surface area contributed by atoms with E-state index in [0.29, 0.717) is 0 Å². The van der Waals surface area contributed by atoms with Crippen LogP contribution in [0.3, 0.4) is 0 Å². The van der Waals surface area contributed by atoms with Gasteiger partial charge in [-0.15, -0.1) is 0 Å². The predicted octanol–water partition coefficient (Wildman–Crippen LogP) is 4.85. The van der Waals surface area contributed by atoms with Gasteiger partial charge in [-0.3, -0.25) is 0 Å². The van der Waals surface area contributed by atoms with Crippen LogP contribution in [0.2, 0.25) is 0 Å². The number of rotatable bonds is 3. The minimum Gasteiger partial charge on any atom is -0.497 e. The van der Waals surface area contributed by atoms with E-state index in [1.165, 1.54) is 5.56 Å². The van der Waals surface area contributed by atoms with E-state index in [-0.39, 0.29) is 6.10 Å². The second-order valence-electron chi connectivity index (χ2n) is 5.72. The Morgan fingerprint density at radius 1 is 0.750 bits per heavy atom. The number of fused-ring (bicyclic) bond motifs is 3. The van der Waals surface area contributed by atoms with E-state index in [0.717, 1.165) is 33.9 Å². The number of benzene rings is 3. The first-order valence-corrected chi connectivity index (χ1v) is 7.88. The van der Waals surface area contributed by atoms with Gasteiger partial charge in [0.15, 0.2) is 0 Å². The number of ether oxygens (including phenoxy) is 3. The highest BCUT2D eigenvalue weighted by Crippen LogP contribution is 2.45. The van der Waals surface area contributed by atoms with Crippen molar-refractivity contribution in [1.29, 1.82) is 0 Å². The fourth-order valence-corrected chi connectivity index (χ4v) is 3.14. The highest BCUT2D eigenvalue weighted by Gasteiger charge is 2.27.